The number of hydrogen-bond acceptors (Lipinski definition) is 2. The summed E-state index contributed by atoms with van der Waals surface area (Å²) in [5.41, 5.74) is 0.829. The number of fused-ring (bicyclic) bond motifs is 1. The number of allylic oxidation sites excluding steroid dienone is 1. The molecule has 0 amide bonds. The Kier molecular flexibility index (Phi) is 8.78. The zero-order valence-electron chi connectivity index (χ0n) is 14.1. The van der Waals surface area contributed by atoms with E-state index in [1.807, 2.05) is 6.92 Å². The van der Waals surface area contributed by atoms with E-state index in [2.05, 4.69) is 45.6 Å². The molecule has 2 nitrogen and oxygen atoms in total. The van der Waals surface area contributed by atoms with Crippen LogP contribution in [0.3, 0.4) is 0 Å². The molecule has 2 fully saturated rings. The molecular formula is C17H31NOZn. The summed E-state index contributed by atoms with van der Waals surface area (Å²) in [6.45, 7) is 16.5. The zero-order chi connectivity index (χ0) is 14.6. The minimum absolute atomic E-state index is 0. The van der Waals surface area contributed by atoms with E-state index in [0.29, 0.717) is 12.0 Å². The fourth-order valence-corrected chi connectivity index (χ4v) is 3.13. The van der Waals surface area contributed by atoms with Gasteiger partial charge in [-0.05, 0) is 32.7 Å². The minimum atomic E-state index is -0.532. The third-order valence-corrected chi connectivity index (χ3v) is 3.59. The van der Waals surface area contributed by atoms with E-state index in [9.17, 15) is 5.11 Å². The van der Waals surface area contributed by atoms with E-state index in [0.717, 1.165) is 25.9 Å². The van der Waals surface area contributed by atoms with Crippen LogP contribution >= 0.6 is 0 Å². The summed E-state index contributed by atoms with van der Waals surface area (Å²) in [6.07, 6.45) is 5.42. The third-order valence-electron chi connectivity index (χ3n) is 3.59. The van der Waals surface area contributed by atoms with E-state index < -0.39 is 5.60 Å². The van der Waals surface area contributed by atoms with Crippen LogP contribution in [-0.4, -0.2) is 34.7 Å². The second kappa shape index (κ2) is 8.66. The van der Waals surface area contributed by atoms with Crippen LogP contribution in [0.4, 0.5) is 0 Å². The van der Waals surface area contributed by atoms with Gasteiger partial charge in [0.1, 0.15) is 0 Å². The normalized spacial score (nSPS) is 33.2. The first-order valence-corrected chi connectivity index (χ1v) is 7.48. The first kappa shape index (κ1) is 20.3. The van der Waals surface area contributed by atoms with Crippen LogP contribution in [0.5, 0.6) is 0 Å². The van der Waals surface area contributed by atoms with Crippen molar-refractivity contribution in [2.24, 2.45) is 5.92 Å². The Labute approximate surface area is 138 Å². The van der Waals surface area contributed by atoms with Gasteiger partial charge in [-0.2, -0.15) is 26.7 Å². The molecule has 0 saturated carbocycles. The molecule has 2 saturated heterocycles. The van der Waals surface area contributed by atoms with Crippen molar-refractivity contribution in [3.05, 3.63) is 24.5 Å². The van der Waals surface area contributed by atoms with Crippen LogP contribution < -0.4 is 0 Å². The Balaban J connectivity index is 0.000000644. The molecule has 0 bridgehead atoms. The van der Waals surface area contributed by atoms with Gasteiger partial charge >= 0.3 is 19.5 Å². The predicted molar refractivity (Wildman–Crippen MR) is 82.7 cm³/mol. The summed E-state index contributed by atoms with van der Waals surface area (Å²) < 4.78 is 0. The minimum Gasteiger partial charge on any atom is -0.388 e. The van der Waals surface area contributed by atoms with Crippen molar-refractivity contribution in [2.75, 3.05) is 13.1 Å². The molecule has 0 aliphatic carbocycles. The predicted octanol–water partition coefficient (Wildman–Crippen LogP) is 3.62. The summed E-state index contributed by atoms with van der Waals surface area (Å²) in [4.78, 5) is 2.43. The molecular weight excluding hydrogens is 300 g/mol. The van der Waals surface area contributed by atoms with E-state index in [1.165, 1.54) is 17.9 Å². The number of aliphatic hydroxyl groups is 1. The molecule has 0 unspecified atom stereocenters. The van der Waals surface area contributed by atoms with Crippen LogP contribution in [-0.2, 0) is 19.5 Å². The van der Waals surface area contributed by atoms with E-state index in [-0.39, 0.29) is 19.5 Å². The molecule has 20 heavy (non-hydrogen) atoms. The number of rotatable bonds is 1. The van der Waals surface area contributed by atoms with E-state index >= 15 is 0 Å². The van der Waals surface area contributed by atoms with Crippen molar-refractivity contribution in [3.8, 4) is 0 Å². The standard InChI is InChI=1S/C13H22NO.C4H9.Zn/c1-10(2)7-11-8-13(3,15)12-5-4-6-14(12)9-11;1-4(2)3;/h7,10,12,15H,1,4-6,8-9H2,2-3H3;1-3H3;/q2*-1;+2/b11-7+;;/t10-,12-,13-;;/m0../s1. The second-order valence-electron chi connectivity index (χ2n) is 6.96. The van der Waals surface area contributed by atoms with Crippen molar-refractivity contribution in [2.45, 2.75) is 65.5 Å². The molecule has 0 spiro atoms. The molecule has 0 aromatic carbocycles. The Morgan fingerprint density at radius 2 is 2.00 bits per heavy atom. The van der Waals surface area contributed by atoms with Gasteiger partial charge in [0.15, 0.2) is 0 Å². The van der Waals surface area contributed by atoms with Gasteiger partial charge < -0.3 is 17.9 Å². The van der Waals surface area contributed by atoms with E-state index in [1.54, 1.807) is 0 Å². The molecule has 112 valence electrons. The first-order valence-electron chi connectivity index (χ1n) is 7.48. The van der Waals surface area contributed by atoms with Crippen molar-refractivity contribution >= 4 is 0 Å². The van der Waals surface area contributed by atoms with Crippen molar-refractivity contribution < 1.29 is 24.6 Å². The smallest absolute Gasteiger partial charge is 0.388 e. The maximum absolute atomic E-state index is 10.4. The molecule has 2 aliphatic heterocycles. The molecule has 0 radical (unpaired) electrons. The molecule has 3 atom stereocenters. The van der Waals surface area contributed by atoms with Gasteiger partial charge in [0.2, 0.25) is 0 Å². The van der Waals surface area contributed by atoms with Crippen LogP contribution in [0.15, 0.2) is 11.6 Å². The van der Waals surface area contributed by atoms with Gasteiger partial charge in [-0.15, -0.1) is 6.08 Å². The largest absolute Gasteiger partial charge is 2.00 e. The Hall–Kier alpha value is 0.283. The summed E-state index contributed by atoms with van der Waals surface area (Å²) >= 11 is 0. The fourth-order valence-electron chi connectivity index (χ4n) is 3.13. The Morgan fingerprint density at radius 3 is 2.50 bits per heavy atom. The maximum Gasteiger partial charge on any atom is 2.00 e. The van der Waals surface area contributed by atoms with Crippen LogP contribution in [0.2, 0.25) is 0 Å². The number of nitrogens with zero attached hydrogens (tertiary/aromatic N) is 1. The van der Waals surface area contributed by atoms with Gasteiger partial charge in [-0.1, -0.05) is 12.5 Å². The molecule has 2 aliphatic rings. The van der Waals surface area contributed by atoms with Crippen LogP contribution in [0, 0.1) is 18.8 Å². The van der Waals surface area contributed by atoms with Gasteiger partial charge in [-0.25, -0.2) is 0 Å². The summed E-state index contributed by atoms with van der Waals surface area (Å²) in [6, 6.07) is 0.384. The summed E-state index contributed by atoms with van der Waals surface area (Å²) in [5.74, 6) is 1.76. The summed E-state index contributed by atoms with van der Waals surface area (Å²) in [7, 11) is 0. The average Bonchev–Trinajstić information content (AvgIpc) is 2.62. The number of hydrogen-bond donors (Lipinski definition) is 1. The molecule has 0 aromatic rings. The molecule has 1 N–H and O–H groups in total. The van der Waals surface area contributed by atoms with Crippen molar-refractivity contribution in [3.63, 3.8) is 0 Å². The van der Waals surface area contributed by atoms with Gasteiger partial charge in [0.05, 0.1) is 5.60 Å². The van der Waals surface area contributed by atoms with Crippen molar-refractivity contribution in [1.82, 2.24) is 4.90 Å². The van der Waals surface area contributed by atoms with E-state index in [4.69, 9.17) is 0 Å². The Morgan fingerprint density at radius 1 is 1.45 bits per heavy atom. The third kappa shape index (κ3) is 6.37. The topological polar surface area (TPSA) is 23.5 Å². The molecule has 3 heteroatoms. The average molecular weight is 331 g/mol. The Bertz CT molecular complexity index is 307. The quantitative estimate of drug-likeness (QED) is 0.451. The second-order valence-corrected chi connectivity index (χ2v) is 6.96. The van der Waals surface area contributed by atoms with Crippen molar-refractivity contribution in [1.29, 1.82) is 0 Å². The monoisotopic (exact) mass is 329 g/mol. The SMILES string of the molecule is C[C-](C)C.[CH2-][C@@H](C)/C=C1/CN2CCC[C@H]2[C@@](C)(O)C1.[Zn+2]. The maximum atomic E-state index is 10.4. The molecule has 2 heterocycles. The zero-order valence-corrected chi connectivity index (χ0v) is 17.0. The molecule has 0 aromatic heterocycles. The summed E-state index contributed by atoms with van der Waals surface area (Å²) in [5, 5.41) is 10.4. The van der Waals surface area contributed by atoms with Crippen LogP contribution in [0.25, 0.3) is 0 Å². The van der Waals surface area contributed by atoms with Gasteiger partial charge in [0.25, 0.3) is 0 Å². The van der Waals surface area contributed by atoms with Gasteiger partial charge in [0, 0.05) is 12.6 Å². The number of piperidine rings is 1. The van der Waals surface area contributed by atoms with Gasteiger partial charge in [-0.3, -0.25) is 4.90 Å². The first-order chi connectivity index (χ1) is 8.72. The molecule has 2 rings (SSSR count). The fraction of sp³-hybridized carbons (Fsp3) is 0.765. The van der Waals surface area contributed by atoms with Crippen LogP contribution in [0.1, 0.15) is 53.9 Å².